The molecule has 1 N–H and O–H groups in total. The van der Waals surface area contributed by atoms with Crippen LogP contribution in [0.4, 0.5) is 5.69 Å². The minimum atomic E-state index is 0.752. The van der Waals surface area contributed by atoms with Gasteiger partial charge in [0.25, 0.3) is 0 Å². The van der Waals surface area contributed by atoms with Crippen LogP contribution in [0.25, 0.3) is 0 Å². The van der Waals surface area contributed by atoms with E-state index in [1.807, 2.05) is 12.1 Å². The molecule has 0 unspecified atom stereocenters. The fraction of sp³-hybridized carbons (Fsp3) is 0.533. The molecular formula is C15H23N2O+. The summed E-state index contributed by atoms with van der Waals surface area (Å²) in [6.45, 7) is 9.25. The lowest BCUT2D eigenvalue weighted by atomic mass is 10.1. The molecule has 18 heavy (non-hydrogen) atoms. The number of carbonyl (C=O) groups is 1. The third-order valence-electron chi connectivity index (χ3n) is 4.11. The molecule has 1 aliphatic rings. The van der Waals surface area contributed by atoms with Crippen LogP contribution in [-0.4, -0.2) is 38.5 Å². The Morgan fingerprint density at radius 1 is 1.28 bits per heavy atom. The van der Waals surface area contributed by atoms with Crippen molar-refractivity contribution in [3.8, 4) is 0 Å². The number of hydrogen-bond donors (Lipinski definition) is 1. The number of nitrogens with one attached hydrogen (secondary N) is 1. The number of benzene rings is 1. The molecular weight excluding hydrogens is 224 g/mol. The molecule has 1 atom stereocenters. The molecule has 2 rings (SSSR count). The van der Waals surface area contributed by atoms with Crippen LogP contribution in [-0.2, 0) is 0 Å². The van der Waals surface area contributed by atoms with Gasteiger partial charge in [-0.15, -0.1) is 0 Å². The zero-order valence-electron chi connectivity index (χ0n) is 11.4. The maximum absolute atomic E-state index is 10.6. The van der Waals surface area contributed by atoms with Crippen LogP contribution in [0.1, 0.15) is 30.6 Å². The van der Waals surface area contributed by atoms with Gasteiger partial charge < -0.3 is 9.80 Å². The van der Waals surface area contributed by atoms with Crippen molar-refractivity contribution in [3.63, 3.8) is 0 Å². The van der Waals surface area contributed by atoms with Gasteiger partial charge in [0.1, 0.15) is 6.29 Å². The second kappa shape index (κ2) is 6.01. The number of piperazine rings is 1. The molecule has 0 saturated carbocycles. The first-order chi connectivity index (χ1) is 8.74. The summed E-state index contributed by atoms with van der Waals surface area (Å²) >= 11 is 0. The van der Waals surface area contributed by atoms with Crippen LogP contribution in [0.3, 0.4) is 0 Å². The van der Waals surface area contributed by atoms with Crippen LogP contribution in [0.15, 0.2) is 24.3 Å². The highest BCUT2D eigenvalue weighted by molar-refractivity contribution is 5.75. The highest BCUT2D eigenvalue weighted by Crippen LogP contribution is 2.14. The van der Waals surface area contributed by atoms with Crippen LogP contribution in [0.5, 0.6) is 0 Å². The Morgan fingerprint density at radius 2 is 1.89 bits per heavy atom. The Labute approximate surface area is 109 Å². The number of aldehydes is 1. The Morgan fingerprint density at radius 3 is 2.39 bits per heavy atom. The van der Waals surface area contributed by atoms with Crippen molar-refractivity contribution >= 4 is 12.0 Å². The molecule has 0 radical (unpaired) electrons. The van der Waals surface area contributed by atoms with Crippen molar-refractivity contribution in [1.29, 1.82) is 0 Å². The van der Waals surface area contributed by atoms with E-state index < -0.39 is 0 Å². The SMILES string of the molecule is CC[C@@H](C)[NH+]1CCN(c2ccc(C=O)cc2)CC1. The van der Waals surface area contributed by atoms with E-state index in [1.165, 1.54) is 25.2 Å². The number of anilines is 1. The van der Waals surface area contributed by atoms with Crippen LogP contribution in [0.2, 0.25) is 0 Å². The van der Waals surface area contributed by atoms with E-state index in [4.69, 9.17) is 0 Å². The third kappa shape index (κ3) is 2.91. The molecule has 0 bridgehead atoms. The molecule has 0 amide bonds. The van der Waals surface area contributed by atoms with Crippen molar-refractivity contribution in [2.45, 2.75) is 26.3 Å². The molecule has 1 heterocycles. The standard InChI is InChI=1S/C15H22N2O/c1-3-13(2)16-8-10-17(11-9-16)15-6-4-14(12-18)5-7-15/h4-7,12-13H,3,8-11H2,1-2H3/p+1/t13-/m1/s1. The van der Waals surface area contributed by atoms with Crippen molar-refractivity contribution in [1.82, 2.24) is 0 Å². The van der Waals surface area contributed by atoms with Crippen molar-refractivity contribution in [3.05, 3.63) is 29.8 Å². The average molecular weight is 247 g/mol. The lowest BCUT2D eigenvalue weighted by Crippen LogP contribution is -3.17. The molecule has 3 heteroatoms. The van der Waals surface area contributed by atoms with E-state index in [1.54, 1.807) is 4.90 Å². The van der Waals surface area contributed by atoms with Gasteiger partial charge in [-0.25, -0.2) is 0 Å². The molecule has 1 aliphatic heterocycles. The predicted octanol–water partition coefficient (Wildman–Crippen LogP) is 1.00. The highest BCUT2D eigenvalue weighted by atomic mass is 16.1. The Kier molecular flexibility index (Phi) is 4.37. The van der Waals surface area contributed by atoms with Gasteiger partial charge in [-0.05, 0) is 37.6 Å². The van der Waals surface area contributed by atoms with E-state index in [0.29, 0.717) is 0 Å². The summed E-state index contributed by atoms with van der Waals surface area (Å²) in [6.07, 6.45) is 2.15. The maximum atomic E-state index is 10.6. The topological polar surface area (TPSA) is 24.8 Å². The largest absolute Gasteiger partial charge is 0.360 e. The monoisotopic (exact) mass is 247 g/mol. The van der Waals surface area contributed by atoms with Gasteiger partial charge in [0.2, 0.25) is 0 Å². The second-order valence-corrected chi connectivity index (χ2v) is 5.16. The molecule has 1 aromatic rings. The fourth-order valence-electron chi connectivity index (χ4n) is 2.60. The first kappa shape index (κ1) is 13.1. The van der Waals surface area contributed by atoms with E-state index in [0.717, 1.165) is 31.0 Å². The van der Waals surface area contributed by atoms with Gasteiger partial charge in [-0.1, -0.05) is 6.92 Å². The van der Waals surface area contributed by atoms with Crippen molar-refractivity contribution in [2.75, 3.05) is 31.1 Å². The van der Waals surface area contributed by atoms with E-state index in [2.05, 4.69) is 30.9 Å². The third-order valence-corrected chi connectivity index (χ3v) is 4.11. The van der Waals surface area contributed by atoms with Crippen LogP contribution in [0, 0.1) is 0 Å². The van der Waals surface area contributed by atoms with Gasteiger partial charge in [-0.2, -0.15) is 0 Å². The summed E-state index contributed by atoms with van der Waals surface area (Å²) in [7, 11) is 0. The smallest absolute Gasteiger partial charge is 0.150 e. The Bertz CT molecular complexity index is 380. The summed E-state index contributed by atoms with van der Waals surface area (Å²) in [4.78, 5) is 14.8. The predicted molar refractivity (Wildman–Crippen MR) is 74.5 cm³/mol. The number of carbonyl (C=O) groups excluding carboxylic acids is 1. The maximum Gasteiger partial charge on any atom is 0.150 e. The number of nitrogens with zero attached hydrogens (tertiary/aromatic N) is 1. The lowest BCUT2D eigenvalue weighted by molar-refractivity contribution is -0.924. The molecule has 1 fully saturated rings. The minimum Gasteiger partial charge on any atom is -0.360 e. The summed E-state index contributed by atoms with van der Waals surface area (Å²) in [5.41, 5.74) is 1.99. The molecule has 1 aromatic carbocycles. The summed E-state index contributed by atoms with van der Waals surface area (Å²) in [6, 6.07) is 8.67. The highest BCUT2D eigenvalue weighted by Gasteiger charge is 2.23. The van der Waals surface area contributed by atoms with Crippen LogP contribution >= 0.6 is 0 Å². The molecule has 0 aromatic heterocycles. The minimum absolute atomic E-state index is 0.752. The number of rotatable bonds is 4. The molecule has 0 spiro atoms. The zero-order chi connectivity index (χ0) is 13.0. The van der Waals surface area contributed by atoms with E-state index in [9.17, 15) is 4.79 Å². The summed E-state index contributed by atoms with van der Waals surface area (Å²) in [5, 5.41) is 0. The number of hydrogen-bond acceptors (Lipinski definition) is 2. The van der Waals surface area contributed by atoms with E-state index in [-0.39, 0.29) is 0 Å². The lowest BCUT2D eigenvalue weighted by Gasteiger charge is -2.36. The second-order valence-electron chi connectivity index (χ2n) is 5.16. The van der Waals surface area contributed by atoms with Crippen molar-refractivity contribution < 1.29 is 9.69 Å². The van der Waals surface area contributed by atoms with Crippen LogP contribution < -0.4 is 9.80 Å². The van der Waals surface area contributed by atoms with Gasteiger partial charge in [-0.3, -0.25) is 4.79 Å². The van der Waals surface area contributed by atoms with Gasteiger partial charge in [0.15, 0.2) is 0 Å². The summed E-state index contributed by atoms with van der Waals surface area (Å²) in [5.74, 6) is 0. The first-order valence-corrected chi connectivity index (χ1v) is 6.89. The van der Waals surface area contributed by atoms with E-state index >= 15 is 0 Å². The van der Waals surface area contributed by atoms with Gasteiger partial charge in [0.05, 0.1) is 32.2 Å². The Hall–Kier alpha value is -1.35. The normalized spacial score (nSPS) is 18.7. The molecule has 1 saturated heterocycles. The van der Waals surface area contributed by atoms with Gasteiger partial charge in [0, 0.05) is 11.3 Å². The molecule has 3 nitrogen and oxygen atoms in total. The Balaban J connectivity index is 1.94. The first-order valence-electron chi connectivity index (χ1n) is 6.89. The average Bonchev–Trinajstić information content (AvgIpc) is 2.47. The summed E-state index contributed by atoms with van der Waals surface area (Å²) < 4.78 is 0. The quantitative estimate of drug-likeness (QED) is 0.803. The number of quaternary nitrogens is 1. The zero-order valence-corrected chi connectivity index (χ0v) is 11.4. The van der Waals surface area contributed by atoms with Gasteiger partial charge >= 0.3 is 0 Å². The van der Waals surface area contributed by atoms with Crippen molar-refractivity contribution in [2.24, 2.45) is 0 Å². The molecule has 98 valence electrons. The fourth-order valence-corrected chi connectivity index (χ4v) is 2.60. The molecule has 0 aliphatic carbocycles.